The molecular weight excluding hydrogens is 140 g/mol. The van der Waals surface area contributed by atoms with E-state index in [1.54, 1.807) is 18.3 Å². The molecule has 2 radical (unpaired) electrons. The molecule has 0 fully saturated rings. The maximum atomic E-state index is 11.0. The predicted molar refractivity (Wildman–Crippen MR) is 39.1 cm³/mol. The smallest absolute Gasteiger partial charge is 0.266 e. The number of aromatic nitrogens is 2. The van der Waals surface area contributed by atoms with Crippen molar-refractivity contribution in [3.8, 4) is 0 Å². The Morgan fingerprint density at radius 3 is 3.18 bits per heavy atom. The van der Waals surface area contributed by atoms with Gasteiger partial charge < -0.3 is 0 Å². The average molecular weight is 144 g/mol. The second-order valence-electron chi connectivity index (χ2n) is 2.08. The van der Waals surface area contributed by atoms with Crippen LogP contribution in [-0.2, 0) is 0 Å². The molecule has 0 amide bonds. The first-order valence-electron chi connectivity index (χ1n) is 3.15. The lowest BCUT2D eigenvalue weighted by Crippen LogP contribution is -2.12. The summed E-state index contributed by atoms with van der Waals surface area (Å²) in [5, 5.41) is 0. The fraction of sp³-hybridized carbons (Fsp3) is 0. The minimum absolute atomic E-state index is 0.226. The van der Waals surface area contributed by atoms with Gasteiger partial charge in [-0.05, 0) is 12.1 Å². The quantitative estimate of drug-likeness (QED) is 0.532. The molecule has 3 heteroatoms. The fourth-order valence-corrected chi connectivity index (χ4v) is 0.890. The topological polar surface area (TPSA) is 34.4 Å². The van der Waals surface area contributed by atoms with E-state index < -0.39 is 0 Å². The van der Waals surface area contributed by atoms with Gasteiger partial charge in [0.05, 0.1) is 6.07 Å². The third kappa shape index (κ3) is 0.902. The Morgan fingerprint density at radius 1 is 1.45 bits per heavy atom. The molecule has 0 atom stereocenters. The summed E-state index contributed by atoms with van der Waals surface area (Å²) in [4.78, 5) is 14.8. The average Bonchev–Trinajstić information content (AvgIpc) is 2.06. The Kier molecular flexibility index (Phi) is 1.22. The molecular formula is C8H4N2O. The van der Waals surface area contributed by atoms with Crippen LogP contribution < -0.4 is 5.56 Å². The zero-order valence-electron chi connectivity index (χ0n) is 5.61. The summed E-state index contributed by atoms with van der Waals surface area (Å²) in [6, 6.07) is 7.67. The van der Waals surface area contributed by atoms with E-state index in [9.17, 15) is 4.79 Å². The van der Waals surface area contributed by atoms with E-state index in [0.29, 0.717) is 5.65 Å². The van der Waals surface area contributed by atoms with Gasteiger partial charge in [-0.1, -0.05) is 6.07 Å². The van der Waals surface area contributed by atoms with Crippen LogP contribution in [0.4, 0.5) is 0 Å². The van der Waals surface area contributed by atoms with Crippen LogP contribution in [0.15, 0.2) is 29.2 Å². The summed E-state index contributed by atoms with van der Waals surface area (Å²) in [6.45, 7) is 0. The second kappa shape index (κ2) is 2.20. The van der Waals surface area contributed by atoms with Gasteiger partial charge >= 0.3 is 0 Å². The number of hydrogen-bond donors (Lipinski definition) is 0. The number of rotatable bonds is 0. The highest BCUT2D eigenvalue weighted by Gasteiger charge is 1.92. The number of pyridine rings is 1. The van der Waals surface area contributed by atoms with Crippen molar-refractivity contribution in [2.45, 2.75) is 0 Å². The third-order valence-corrected chi connectivity index (χ3v) is 1.39. The van der Waals surface area contributed by atoms with Crippen LogP contribution in [-0.4, -0.2) is 9.38 Å². The minimum atomic E-state index is -0.226. The summed E-state index contributed by atoms with van der Waals surface area (Å²) in [5.41, 5.74) is 0.367. The second-order valence-corrected chi connectivity index (χ2v) is 2.08. The van der Waals surface area contributed by atoms with Crippen LogP contribution in [0.1, 0.15) is 0 Å². The molecule has 3 nitrogen and oxygen atoms in total. The van der Waals surface area contributed by atoms with Crippen LogP contribution in [0.25, 0.3) is 5.65 Å². The van der Waals surface area contributed by atoms with Crippen molar-refractivity contribution in [2.75, 3.05) is 0 Å². The Bertz CT molecular complexity index is 428. The number of fused-ring (bicyclic) bond motifs is 1. The van der Waals surface area contributed by atoms with Crippen LogP contribution >= 0.6 is 0 Å². The van der Waals surface area contributed by atoms with Crippen LogP contribution in [0.5, 0.6) is 0 Å². The number of hydrogen-bond acceptors (Lipinski definition) is 2. The van der Waals surface area contributed by atoms with E-state index in [-0.39, 0.29) is 5.56 Å². The molecule has 0 aromatic carbocycles. The van der Waals surface area contributed by atoms with Crippen LogP contribution in [0, 0.1) is 12.3 Å². The van der Waals surface area contributed by atoms with Gasteiger partial charge in [-0.2, -0.15) is 0 Å². The van der Waals surface area contributed by atoms with E-state index in [0.717, 1.165) is 0 Å². The van der Waals surface area contributed by atoms with Crippen molar-refractivity contribution in [3.63, 3.8) is 0 Å². The van der Waals surface area contributed by atoms with E-state index in [2.05, 4.69) is 17.2 Å². The highest BCUT2D eigenvalue weighted by molar-refractivity contribution is 5.35. The Hall–Kier alpha value is -1.64. The molecule has 2 heterocycles. The molecule has 0 spiro atoms. The largest absolute Gasteiger partial charge is 0.268 e. The standard InChI is InChI=1S/C8H4N2O/c11-8-4-5-9-7-3-1-2-6-10(7)8/h1-3,6H. The van der Waals surface area contributed by atoms with Gasteiger partial charge in [0, 0.05) is 6.20 Å². The molecule has 0 unspecified atom stereocenters. The molecule has 0 saturated carbocycles. The van der Waals surface area contributed by atoms with E-state index in [4.69, 9.17) is 0 Å². The van der Waals surface area contributed by atoms with Gasteiger partial charge in [-0.3, -0.25) is 9.20 Å². The molecule has 0 aliphatic carbocycles. The van der Waals surface area contributed by atoms with E-state index in [1.165, 1.54) is 4.40 Å². The monoisotopic (exact) mass is 144 g/mol. The zero-order valence-corrected chi connectivity index (χ0v) is 5.61. The molecule has 2 aromatic rings. The predicted octanol–water partition coefficient (Wildman–Crippen LogP) is 0.295. The van der Waals surface area contributed by atoms with Crippen LogP contribution in [0.3, 0.4) is 0 Å². The van der Waals surface area contributed by atoms with Gasteiger partial charge in [0.2, 0.25) is 0 Å². The SMILES string of the molecule is O=c1[c][c]nc2ccccn12. The van der Waals surface area contributed by atoms with Crippen molar-refractivity contribution < 1.29 is 0 Å². The molecule has 2 rings (SSSR count). The first kappa shape index (κ1) is 6.09. The normalized spacial score (nSPS) is 10.2. The lowest BCUT2D eigenvalue weighted by molar-refractivity contribution is 1.04. The lowest BCUT2D eigenvalue weighted by atomic mass is 10.4. The summed E-state index contributed by atoms with van der Waals surface area (Å²) in [6.07, 6.45) is 4.04. The first-order valence-corrected chi connectivity index (χ1v) is 3.15. The summed E-state index contributed by atoms with van der Waals surface area (Å²) in [5.74, 6) is 0. The van der Waals surface area contributed by atoms with E-state index in [1.807, 2.05) is 6.07 Å². The molecule has 11 heavy (non-hydrogen) atoms. The summed E-state index contributed by atoms with van der Waals surface area (Å²) < 4.78 is 1.41. The van der Waals surface area contributed by atoms with Gasteiger partial charge in [-0.25, -0.2) is 4.98 Å². The van der Waals surface area contributed by atoms with Crippen molar-refractivity contribution in [1.29, 1.82) is 0 Å². The molecule has 0 aliphatic heterocycles. The number of nitrogens with zero attached hydrogens (tertiary/aromatic N) is 2. The summed E-state index contributed by atoms with van der Waals surface area (Å²) in [7, 11) is 0. The zero-order chi connectivity index (χ0) is 7.68. The Balaban J connectivity index is 3.03. The van der Waals surface area contributed by atoms with Gasteiger partial charge in [0.1, 0.15) is 11.8 Å². The first-order chi connectivity index (χ1) is 5.38. The highest BCUT2D eigenvalue weighted by atomic mass is 16.1. The lowest BCUT2D eigenvalue weighted by Gasteiger charge is -1.94. The minimum Gasteiger partial charge on any atom is -0.268 e. The summed E-state index contributed by atoms with van der Waals surface area (Å²) >= 11 is 0. The Labute approximate surface area is 62.9 Å². The van der Waals surface area contributed by atoms with Crippen molar-refractivity contribution in [2.24, 2.45) is 0 Å². The fourth-order valence-electron chi connectivity index (χ4n) is 0.890. The molecule has 2 aromatic heterocycles. The Morgan fingerprint density at radius 2 is 2.36 bits per heavy atom. The maximum Gasteiger partial charge on any atom is 0.266 e. The van der Waals surface area contributed by atoms with Crippen LogP contribution in [0.2, 0.25) is 0 Å². The maximum absolute atomic E-state index is 11.0. The van der Waals surface area contributed by atoms with Gasteiger partial charge in [0.15, 0.2) is 0 Å². The van der Waals surface area contributed by atoms with Crippen molar-refractivity contribution in [1.82, 2.24) is 9.38 Å². The van der Waals surface area contributed by atoms with Crippen molar-refractivity contribution in [3.05, 3.63) is 47.0 Å². The van der Waals surface area contributed by atoms with E-state index >= 15 is 0 Å². The molecule has 0 N–H and O–H groups in total. The molecule has 52 valence electrons. The molecule has 0 bridgehead atoms. The van der Waals surface area contributed by atoms with Gasteiger partial charge in [0.25, 0.3) is 5.56 Å². The highest BCUT2D eigenvalue weighted by Crippen LogP contribution is 1.91. The van der Waals surface area contributed by atoms with Gasteiger partial charge in [-0.15, -0.1) is 0 Å². The molecule has 0 saturated heterocycles. The third-order valence-electron chi connectivity index (χ3n) is 1.39. The molecule has 0 aliphatic rings. The van der Waals surface area contributed by atoms with Crippen molar-refractivity contribution >= 4 is 5.65 Å².